The van der Waals surface area contributed by atoms with Gasteiger partial charge >= 0.3 is 0 Å². The molecule has 0 spiro atoms. The minimum atomic E-state index is -0.608. The number of fused-ring (bicyclic) bond motifs is 2. The second-order valence-corrected chi connectivity index (χ2v) is 8.54. The maximum absolute atomic E-state index is 14.9. The third-order valence-corrected chi connectivity index (χ3v) is 5.84. The highest BCUT2D eigenvalue weighted by atomic mass is 19.1. The molecule has 4 heterocycles. The average molecular weight is 437 g/mol. The lowest BCUT2D eigenvalue weighted by Gasteiger charge is -2.30. The molecule has 0 amide bonds. The zero-order chi connectivity index (χ0) is 22.4. The van der Waals surface area contributed by atoms with Gasteiger partial charge in [0.2, 0.25) is 5.95 Å². The summed E-state index contributed by atoms with van der Waals surface area (Å²) < 4.78 is 31.6. The molecule has 1 aromatic carbocycles. The lowest BCUT2D eigenvalue weighted by atomic mass is 9.99. The largest absolute Gasteiger partial charge is 0.345 e. The van der Waals surface area contributed by atoms with E-state index < -0.39 is 5.82 Å². The molecule has 9 heteroatoms. The molecule has 7 nitrogen and oxygen atoms in total. The van der Waals surface area contributed by atoms with Crippen LogP contribution >= 0.6 is 0 Å². The Bertz CT molecular complexity index is 1200. The molecular formula is C23H25F2N7. The maximum atomic E-state index is 14.9. The van der Waals surface area contributed by atoms with Gasteiger partial charge in [-0.3, -0.25) is 9.58 Å². The van der Waals surface area contributed by atoms with Crippen molar-refractivity contribution < 1.29 is 8.78 Å². The molecule has 1 N–H and O–H groups in total. The molecule has 2 aliphatic heterocycles. The number of hydrogen-bond acceptors (Lipinski definition) is 6. The van der Waals surface area contributed by atoms with Crippen LogP contribution in [0.3, 0.4) is 0 Å². The molecule has 0 fully saturated rings. The predicted octanol–water partition coefficient (Wildman–Crippen LogP) is 4.09. The third-order valence-electron chi connectivity index (χ3n) is 5.84. The molecule has 0 saturated heterocycles. The second kappa shape index (κ2) is 7.98. The van der Waals surface area contributed by atoms with Crippen molar-refractivity contribution >= 4 is 17.5 Å². The molecular weight excluding hydrogens is 412 g/mol. The van der Waals surface area contributed by atoms with Gasteiger partial charge in [0, 0.05) is 48.2 Å². The van der Waals surface area contributed by atoms with Crippen molar-refractivity contribution in [1.82, 2.24) is 24.6 Å². The van der Waals surface area contributed by atoms with Crippen molar-refractivity contribution in [3.05, 3.63) is 59.6 Å². The predicted molar refractivity (Wildman–Crippen MR) is 120 cm³/mol. The standard InChI is InChI=1S/C23H25F2N7/c1-14(2)31-6-4-5-17-18(24)9-15(10-20(17)31)22-19(25)12-26-23(28-22)27-21-11-16-13-30(3)7-8-32(16)29-21/h4,6,9-12,14H,5,7-8,13H2,1-3H3,(H,26,27,28,29). The Kier molecular flexibility index (Phi) is 5.13. The van der Waals surface area contributed by atoms with Crippen LogP contribution in [0, 0.1) is 11.6 Å². The Morgan fingerprint density at radius 3 is 2.75 bits per heavy atom. The first-order valence-corrected chi connectivity index (χ1v) is 10.7. The van der Waals surface area contributed by atoms with Crippen molar-refractivity contribution in [3.63, 3.8) is 0 Å². The number of rotatable bonds is 4. The summed E-state index contributed by atoms with van der Waals surface area (Å²) >= 11 is 0. The molecule has 2 aliphatic rings. The van der Waals surface area contributed by atoms with Crippen LogP contribution in [0.2, 0.25) is 0 Å². The fourth-order valence-corrected chi connectivity index (χ4v) is 4.21. The maximum Gasteiger partial charge on any atom is 0.229 e. The van der Waals surface area contributed by atoms with Gasteiger partial charge in [-0.15, -0.1) is 0 Å². The van der Waals surface area contributed by atoms with E-state index in [1.807, 2.05) is 41.8 Å². The Morgan fingerprint density at radius 2 is 1.94 bits per heavy atom. The molecule has 5 rings (SSSR count). The number of allylic oxidation sites excluding steroid dienone is 1. The van der Waals surface area contributed by atoms with Crippen LogP contribution in [0.5, 0.6) is 0 Å². The van der Waals surface area contributed by atoms with E-state index in [0.717, 1.165) is 37.2 Å². The van der Waals surface area contributed by atoms with Gasteiger partial charge in [0.1, 0.15) is 11.5 Å². The Hall–Kier alpha value is -3.33. The molecule has 0 bridgehead atoms. The highest BCUT2D eigenvalue weighted by Crippen LogP contribution is 2.35. The van der Waals surface area contributed by atoms with Gasteiger partial charge < -0.3 is 10.2 Å². The summed E-state index contributed by atoms with van der Waals surface area (Å²) in [5.41, 5.74) is 2.84. The number of benzene rings is 1. The van der Waals surface area contributed by atoms with Crippen LogP contribution in [0.15, 0.2) is 36.7 Å². The molecule has 0 aliphatic carbocycles. The Labute approximate surface area is 185 Å². The van der Waals surface area contributed by atoms with Gasteiger partial charge in [-0.05, 0) is 39.4 Å². The molecule has 0 unspecified atom stereocenters. The van der Waals surface area contributed by atoms with Gasteiger partial charge in [-0.1, -0.05) is 6.08 Å². The summed E-state index contributed by atoms with van der Waals surface area (Å²) in [6.45, 7) is 6.59. The monoisotopic (exact) mass is 437 g/mol. The topological polar surface area (TPSA) is 62.1 Å². The first-order valence-electron chi connectivity index (χ1n) is 10.7. The number of hydrogen-bond donors (Lipinski definition) is 1. The van der Waals surface area contributed by atoms with E-state index in [4.69, 9.17) is 0 Å². The summed E-state index contributed by atoms with van der Waals surface area (Å²) in [6.07, 6.45) is 5.48. The van der Waals surface area contributed by atoms with Crippen LogP contribution in [-0.2, 0) is 19.5 Å². The first kappa shape index (κ1) is 20.6. The number of nitrogens with zero attached hydrogens (tertiary/aromatic N) is 6. The number of nitrogens with one attached hydrogen (secondary N) is 1. The highest BCUT2D eigenvalue weighted by molar-refractivity contribution is 5.72. The van der Waals surface area contributed by atoms with E-state index >= 15 is 0 Å². The fourth-order valence-electron chi connectivity index (χ4n) is 4.21. The number of anilines is 3. The average Bonchev–Trinajstić information content (AvgIpc) is 3.15. The molecule has 0 radical (unpaired) electrons. The van der Waals surface area contributed by atoms with Crippen LogP contribution in [0.4, 0.5) is 26.2 Å². The summed E-state index contributed by atoms with van der Waals surface area (Å²) in [7, 11) is 2.06. The van der Waals surface area contributed by atoms with E-state index in [9.17, 15) is 8.78 Å². The van der Waals surface area contributed by atoms with Gasteiger partial charge in [0.05, 0.1) is 18.4 Å². The van der Waals surface area contributed by atoms with Crippen molar-refractivity contribution in [2.45, 2.75) is 39.4 Å². The van der Waals surface area contributed by atoms with Crippen molar-refractivity contribution in [1.29, 1.82) is 0 Å². The Balaban J connectivity index is 1.49. The normalized spacial score (nSPS) is 15.8. The van der Waals surface area contributed by atoms with Crippen LogP contribution in [-0.4, -0.2) is 44.3 Å². The minimum Gasteiger partial charge on any atom is -0.345 e. The number of likely N-dealkylation sites (N-methyl/N-ethyl adjacent to an activating group) is 1. The molecule has 166 valence electrons. The number of halogens is 2. The van der Waals surface area contributed by atoms with E-state index in [-0.39, 0.29) is 23.5 Å². The van der Waals surface area contributed by atoms with Crippen LogP contribution in [0.25, 0.3) is 11.3 Å². The quantitative estimate of drug-likeness (QED) is 0.663. The third kappa shape index (κ3) is 3.73. The van der Waals surface area contributed by atoms with E-state index in [0.29, 0.717) is 23.4 Å². The molecule has 0 saturated carbocycles. The lowest BCUT2D eigenvalue weighted by molar-refractivity contribution is 0.259. The SMILES string of the molecule is CC(C)N1C=CCc2c(F)cc(-c3nc(Nc4cc5n(n4)CCN(C)C5)ncc3F)cc21. The molecule has 2 aromatic heterocycles. The van der Waals surface area contributed by atoms with Crippen molar-refractivity contribution in [3.8, 4) is 11.3 Å². The minimum absolute atomic E-state index is 0.0474. The van der Waals surface area contributed by atoms with Gasteiger partial charge in [-0.25, -0.2) is 18.7 Å². The first-order chi connectivity index (χ1) is 15.4. The van der Waals surface area contributed by atoms with Crippen molar-refractivity contribution in [2.24, 2.45) is 0 Å². The summed E-state index contributed by atoms with van der Waals surface area (Å²) in [5.74, 6) is -0.168. The van der Waals surface area contributed by atoms with Gasteiger partial charge in [-0.2, -0.15) is 5.10 Å². The van der Waals surface area contributed by atoms with Crippen LogP contribution in [0.1, 0.15) is 25.1 Å². The second-order valence-electron chi connectivity index (χ2n) is 8.54. The zero-order valence-electron chi connectivity index (χ0n) is 18.3. The van der Waals surface area contributed by atoms with Crippen LogP contribution < -0.4 is 10.2 Å². The zero-order valence-corrected chi connectivity index (χ0v) is 18.3. The molecule has 32 heavy (non-hydrogen) atoms. The van der Waals surface area contributed by atoms with Gasteiger partial charge in [0.25, 0.3) is 0 Å². The van der Waals surface area contributed by atoms with E-state index in [2.05, 4.69) is 32.3 Å². The molecule has 0 atom stereocenters. The highest BCUT2D eigenvalue weighted by Gasteiger charge is 2.22. The van der Waals surface area contributed by atoms with Crippen molar-refractivity contribution in [2.75, 3.05) is 23.8 Å². The summed E-state index contributed by atoms with van der Waals surface area (Å²) in [6, 6.07) is 5.21. The molecule has 3 aromatic rings. The summed E-state index contributed by atoms with van der Waals surface area (Å²) in [5, 5.41) is 7.60. The fraction of sp³-hybridized carbons (Fsp3) is 0.348. The van der Waals surface area contributed by atoms with Gasteiger partial charge in [0.15, 0.2) is 11.6 Å². The smallest absolute Gasteiger partial charge is 0.229 e. The Morgan fingerprint density at radius 1 is 1.09 bits per heavy atom. The lowest BCUT2D eigenvalue weighted by Crippen LogP contribution is -2.30. The van der Waals surface area contributed by atoms with E-state index in [1.54, 1.807) is 6.07 Å². The summed E-state index contributed by atoms with van der Waals surface area (Å²) in [4.78, 5) is 12.6. The van der Waals surface area contributed by atoms with E-state index in [1.165, 1.54) is 6.07 Å². The number of aromatic nitrogens is 4.